The maximum Gasteiger partial charge on any atom is 0.343 e. The van der Waals surface area contributed by atoms with Crippen LogP contribution < -0.4 is 14.8 Å². The number of aromatic carboxylic acids is 1. The molecule has 2 heterocycles. The molecule has 10 nitrogen and oxygen atoms in total. The van der Waals surface area contributed by atoms with Crippen molar-refractivity contribution in [3.8, 4) is 28.4 Å². The lowest BCUT2D eigenvalue weighted by atomic mass is 10.1. The molecular formula is C24H22N4O6. The molecular weight excluding hydrogens is 440 g/mol. The van der Waals surface area contributed by atoms with Crippen LogP contribution in [0.4, 0.5) is 5.88 Å². The van der Waals surface area contributed by atoms with Crippen LogP contribution in [-0.4, -0.2) is 46.1 Å². The van der Waals surface area contributed by atoms with Crippen molar-refractivity contribution in [2.45, 2.75) is 13.8 Å². The van der Waals surface area contributed by atoms with Crippen molar-refractivity contribution in [3.63, 3.8) is 0 Å². The number of aromatic nitrogens is 3. The summed E-state index contributed by atoms with van der Waals surface area (Å²) in [4.78, 5) is 25.0. The van der Waals surface area contributed by atoms with E-state index in [9.17, 15) is 14.7 Å². The highest BCUT2D eigenvalue weighted by atomic mass is 16.5. The molecule has 0 saturated carbocycles. The molecule has 10 heteroatoms. The lowest BCUT2D eigenvalue weighted by molar-refractivity contribution is 0.0698. The van der Waals surface area contributed by atoms with Gasteiger partial charge in [-0.25, -0.2) is 9.48 Å². The number of carbonyl (C=O) groups excluding carboxylic acids is 1. The number of hydrogen-bond donors (Lipinski definition) is 2. The predicted molar refractivity (Wildman–Crippen MR) is 123 cm³/mol. The highest BCUT2D eigenvalue weighted by Crippen LogP contribution is 2.35. The number of carboxylic acids is 1. The molecule has 0 aliphatic heterocycles. The Morgan fingerprint density at radius 3 is 2.38 bits per heavy atom. The average Bonchev–Trinajstić information content (AvgIpc) is 3.38. The van der Waals surface area contributed by atoms with E-state index in [4.69, 9.17) is 14.0 Å². The Bertz CT molecular complexity index is 1370. The first kappa shape index (κ1) is 22.6. The van der Waals surface area contributed by atoms with Crippen LogP contribution in [0, 0.1) is 13.8 Å². The zero-order valence-electron chi connectivity index (χ0n) is 18.9. The summed E-state index contributed by atoms with van der Waals surface area (Å²) in [6.45, 7) is 3.56. The quantitative estimate of drug-likeness (QED) is 0.420. The molecule has 0 aliphatic rings. The fourth-order valence-corrected chi connectivity index (χ4v) is 3.70. The summed E-state index contributed by atoms with van der Waals surface area (Å²) in [7, 11) is 2.93. The lowest BCUT2D eigenvalue weighted by Gasteiger charge is -2.09. The number of aryl methyl sites for hydroxylation is 1. The van der Waals surface area contributed by atoms with E-state index in [0.717, 1.165) is 5.69 Å². The molecule has 0 radical (unpaired) electrons. The summed E-state index contributed by atoms with van der Waals surface area (Å²) >= 11 is 0. The summed E-state index contributed by atoms with van der Waals surface area (Å²) in [5, 5.41) is 20.9. The molecule has 34 heavy (non-hydrogen) atoms. The normalized spacial score (nSPS) is 10.7. The third-order valence-corrected chi connectivity index (χ3v) is 5.31. The number of methoxy groups -OCH3 is 2. The molecule has 2 N–H and O–H groups in total. The van der Waals surface area contributed by atoms with Gasteiger partial charge in [-0.2, -0.15) is 5.10 Å². The van der Waals surface area contributed by atoms with Crippen LogP contribution >= 0.6 is 0 Å². The van der Waals surface area contributed by atoms with Gasteiger partial charge < -0.3 is 19.1 Å². The molecule has 2 aromatic carbocycles. The van der Waals surface area contributed by atoms with Gasteiger partial charge in [-0.05, 0) is 44.2 Å². The summed E-state index contributed by atoms with van der Waals surface area (Å²) in [6, 6.07) is 14.0. The SMILES string of the molecule is COc1ccc(C(=O)Nc2onc(-c3c(C)nn(-c4ccccc4)c3C)c2C(=O)O)cc1OC. The van der Waals surface area contributed by atoms with E-state index >= 15 is 0 Å². The van der Waals surface area contributed by atoms with Crippen LogP contribution in [-0.2, 0) is 0 Å². The fourth-order valence-electron chi connectivity index (χ4n) is 3.70. The van der Waals surface area contributed by atoms with E-state index in [2.05, 4.69) is 15.6 Å². The molecule has 0 bridgehead atoms. The van der Waals surface area contributed by atoms with E-state index in [1.165, 1.54) is 26.4 Å². The molecule has 0 saturated heterocycles. The Balaban J connectivity index is 1.72. The van der Waals surface area contributed by atoms with Crippen molar-refractivity contribution >= 4 is 17.8 Å². The van der Waals surface area contributed by atoms with Gasteiger partial charge in [-0.3, -0.25) is 10.1 Å². The summed E-state index contributed by atoms with van der Waals surface area (Å²) in [6.07, 6.45) is 0. The van der Waals surface area contributed by atoms with E-state index < -0.39 is 11.9 Å². The highest BCUT2D eigenvalue weighted by molar-refractivity contribution is 6.08. The Hall–Kier alpha value is -4.60. The monoisotopic (exact) mass is 462 g/mol. The maximum absolute atomic E-state index is 12.8. The fraction of sp³-hybridized carbons (Fsp3) is 0.167. The zero-order valence-corrected chi connectivity index (χ0v) is 18.9. The van der Waals surface area contributed by atoms with Crippen molar-refractivity contribution in [1.82, 2.24) is 14.9 Å². The molecule has 0 spiro atoms. The number of nitrogens with zero attached hydrogens (tertiary/aromatic N) is 3. The van der Waals surface area contributed by atoms with Crippen molar-refractivity contribution in [3.05, 3.63) is 71.0 Å². The molecule has 174 valence electrons. The van der Waals surface area contributed by atoms with Gasteiger partial charge in [-0.15, -0.1) is 0 Å². The molecule has 0 atom stereocenters. The number of carboxylic acid groups (broad SMARTS) is 1. The molecule has 0 aliphatic carbocycles. The molecule has 1 amide bonds. The number of amides is 1. The van der Waals surface area contributed by atoms with Crippen molar-refractivity contribution in [1.29, 1.82) is 0 Å². The minimum Gasteiger partial charge on any atom is -0.493 e. The molecule has 2 aromatic heterocycles. The molecule has 0 fully saturated rings. The number of anilines is 1. The molecule has 4 rings (SSSR count). The number of carbonyl (C=O) groups is 2. The summed E-state index contributed by atoms with van der Waals surface area (Å²) < 4.78 is 17.4. The first-order chi connectivity index (χ1) is 16.3. The van der Waals surface area contributed by atoms with Gasteiger partial charge in [-0.1, -0.05) is 23.4 Å². The van der Waals surface area contributed by atoms with Crippen LogP contribution in [0.5, 0.6) is 11.5 Å². The lowest BCUT2D eigenvalue weighted by Crippen LogP contribution is -2.14. The summed E-state index contributed by atoms with van der Waals surface area (Å²) in [5.74, 6) is -1.38. The highest BCUT2D eigenvalue weighted by Gasteiger charge is 2.29. The number of para-hydroxylation sites is 1. The smallest absolute Gasteiger partial charge is 0.343 e. The first-order valence-corrected chi connectivity index (χ1v) is 10.2. The van der Waals surface area contributed by atoms with Crippen LogP contribution in [0.1, 0.15) is 32.1 Å². The topological polar surface area (TPSA) is 129 Å². The number of ether oxygens (including phenoxy) is 2. The number of rotatable bonds is 7. The average molecular weight is 462 g/mol. The van der Waals surface area contributed by atoms with Crippen LogP contribution in [0.25, 0.3) is 16.9 Å². The van der Waals surface area contributed by atoms with Gasteiger partial charge in [0.1, 0.15) is 5.69 Å². The van der Waals surface area contributed by atoms with Gasteiger partial charge in [0.15, 0.2) is 17.1 Å². The van der Waals surface area contributed by atoms with E-state index in [-0.39, 0.29) is 22.7 Å². The largest absolute Gasteiger partial charge is 0.493 e. The second-order valence-corrected chi connectivity index (χ2v) is 7.36. The van der Waals surface area contributed by atoms with Crippen LogP contribution in [0.3, 0.4) is 0 Å². The molecule has 0 unspecified atom stereocenters. The number of benzene rings is 2. The predicted octanol–water partition coefficient (Wildman–Crippen LogP) is 4.11. The van der Waals surface area contributed by atoms with Crippen molar-refractivity contribution in [2.24, 2.45) is 0 Å². The standard InChI is InChI=1S/C24H22N4O6/c1-13-19(14(2)28(26-13)16-8-6-5-7-9-16)21-20(24(30)31)23(34-27-21)25-22(29)15-10-11-17(32-3)18(12-15)33-4/h5-12H,1-4H3,(H,25,29)(H,30,31). The van der Waals surface area contributed by atoms with E-state index in [1.807, 2.05) is 37.3 Å². The van der Waals surface area contributed by atoms with E-state index in [1.54, 1.807) is 17.7 Å². The third kappa shape index (κ3) is 3.96. The first-order valence-electron chi connectivity index (χ1n) is 10.2. The number of hydrogen-bond acceptors (Lipinski definition) is 7. The minimum atomic E-state index is -1.30. The van der Waals surface area contributed by atoms with Crippen molar-refractivity contribution < 1.29 is 28.7 Å². The second-order valence-electron chi connectivity index (χ2n) is 7.36. The van der Waals surface area contributed by atoms with Gasteiger partial charge in [0.25, 0.3) is 5.91 Å². The van der Waals surface area contributed by atoms with Gasteiger partial charge in [0.05, 0.1) is 31.3 Å². The Labute approximate surface area is 194 Å². The molecule has 4 aromatic rings. The van der Waals surface area contributed by atoms with Gasteiger partial charge in [0.2, 0.25) is 5.88 Å². The van der Waals surface area contributed by atoms with Crippen LogP contribution in [0.15, 0.2) is 53.1 Å². The van der Waals surface area contributed by atoms with Gasteiger partial charge in [0, 0.05) is 11.1 Å². The maximum atomic E-state index is 12.8. The Morgan fingerprint density at radius 2 is 1.74 bits per heavy atom. The zero-order chi connectivity index (χ0) is 24.4. The van der Waals surface area contributed by atoms with E-state index in [0.29, 0.717) is 28.5 Å². The third-order valence-electron chi connectivity index (χ3n) is 5.31. The van der Waals surface area contributed by atoms with Gasteiger partial charge >= 0.3 is 5.97 Å². The minimum absolute atomic E-state index is 0.0762. The Kier molecular flexibility index (Phi) is 6.05. The number of nitrogens with one attached hydrogen (secondary N) is 1. The van der Waals surface area contributed by atoms with Crippen LogP contribution in [0.2, 0.25) is 0 Å². The second kappa shape index (κ2) is 9.10. The summed E-state index contributed by atoms with van der Waals surface area (Å²) in [5.41, 5.74) is 2.59. The Morgan fingerprint density at radius 1 is 1.03 bits per heavy atom. The van der Waals surface area contributed by atoms with Crippen molar-refractivity contribution in [2.75, 3.05) is 19.5 Å².